The molecule has 0 unspecified atom stereocenters. The molecule has 0 saturated carbocycles. The SMILES string of the molecule is O=CCOc1ccc(-c2n[nH]c3c2C(=O)c2c(NC(=O)NN4CCOCC4)cccc2-3)cc1. The van der Waals surface area contributed by atoms with E-state index in [-0.39, 0.29) is 12.4 Å². The van der Waals surface area contributed by atoms with Gasteiger partial charge in [0, 0.05) is 24.2 Å². The third-order valence-corrected chi connectivity index (χ3v) is 5.52. The van der Waals surface area contributed by atoms with E-state index in [1.165, 1.54) is 0 Å². The number of fused-ring (bicyclic) bond motifs is 3. The van der Waals surface area contributed by atoms with Crippen molar-refractivity contribution in [3.8, 4) is 28.3 Å². The fourth-order valence-electron chi connectivity index (χ4n) is 4.01. The highest BCUT2D eigenvalue weighted by atomic mass is 16.5. The van der Waals surface area contributed by atoms with Crippen LogP contribution < -0.4 is 15.5 Å². The Morgan fingerprint density at radius 1 is 1.15 bits per heavy atom. The first-order valence-corrected chi connectivity index (χ1v) is 10.5. The number of aromatic amines is 1. The zero-order valence-corrected chi connectivity index (χ0v) is 17.6. The van der Waals surface area contributed by atoms with Gasteiger partial charge in [-0.25, -0.2) is 9.80 Å². The standard InChI is InChI=1S/C23H21N5O5/c29-10-13-33-15-6-4-14(5-7-15)20-19-21(26-25-20)16-2-1-3-17(18(16)22(19)30)24-23(31)27-28-8-11-32-12-9-28/h1-7,10H,8-9,11-13H2,(H,25,26)(H2,24,27,31). The fraction of sp³-hybridized carbons (Fsp3) is 0.217. The van der Waals surface area contributed by atoms with Gasteiger partial charge in [0.2, 0.25) is 0 Å². The summed E-state index contributed by atoms with van der Waals surface area (Å²) in [4.78, 5) is 36.4. The maximum Gasteiger partial charge on any atom is 0.333 e. The van der Waals surface area contributed by atoms with Gasteiger partial charge >= 0.3 is 6.03 Å². The number of carbonyl (C=O) groups excluding carboxylic acids is 3. The number of hydrazine groups is 1. The van der Waals surface area contributed by atoms with Crippen molar-refractivity contribution in [1.29, 1.82) is 0 Å². The normalized spacial score (nSPS) is 15.0. The summed E-state index contributed by atoms with van der Waals surface area (Å²) in [5.41, 5.74) is 6.62. The van der Waals surface area contributed by atoms with Gasteiger partial charge in [0.05, 0.1) is 35.7 Å². The van der Waals surface area contributed by atoms with Crippen molar-refractivity contribution in [2.24, 2.45) is 0 Å². The third-order valence-electron chi connectivity index (χ3n) is 5.52. The Balaban J connectivity index is 1.39. The van der Waals surface area contributed by atoms with Crippen LogP contribution in [-0.4, -0.2) is 66.2 Å². The van der Waals surface area contributed by atoms with Crippen molar-refractivity contribution in [1.82, 2.24) is 20.6 Å². The van der Waals surface area contributed by atoms with E-state index < -0.39 is 6.03 Å². The van der Waals surface area contributed by atoms with Crippen molar-refractivity contribution in [2.45, 2.75) is 0 Å². The van der Waals surface area contributed by atoms with Crippen molar-refractivity contribution in [3.63, 3.8) is 0 Å². The first kappa shape index (κ1) is 20.9. The highest BCUT2D eigenvalue weighted by Crippen LogP contribution is 2.43. The number of anilines is 1. The van der Waals surface area contributed by atoms with Crippen LogP contribution in [0.5, 0.6) is 5.75 Å². The lowest BCUT2D eigenvalue weighted by atomic mass is 10.0. The van der Waals surface area contributed by atoms with Gasteiger partial charge < -0.3 is 14.8 Å². The number of hydrogen-bond acceptors (Lipinski definition) is 7. The molecule has 3 aromatic rings. The molecule has 1 aliphatic heterocycles. The second kappa shape index (κ2) is 8.85. The molecule has 10 heteroatoms. The van der Waals surface area contributed by atoms with Crippen molar-refractivity contribution >= 4 is 23.8 Å². The van der Waals surface area contributed by atoms with Gasteiger partial charge in [0.1, 0.15) is 18.1 Å². The number of H-pyrrole nitrogens is 1. The summed E-state index contributed by atoms with van der Waals surface area (Å²) in [6.07, 6.45) is 0.678. The monoisotopic (exact) mass is 447 g/mol. The zero-order chi connectivity index (χ0) is 22.8. The van der Waals surface area contributed by atoms with Gasteiger partial charge in [0.15, 0.2) is 12.1 Å². The summed E-state index contributed by atoms with van der Waals surface area (Å²) < 4.78 is 10.6. The van der Waals surface area contributed by atoms with E-state index in [0.717, 1.165) is 5.56 Å². The maximum absolute atomic E-state index is 13.4. The number of benzene rings is 2. The minimum Gasteiger partial charge on any atom is -0.486 e. The number of nitrogens with zero attached hydrogens (tertiary/aromatic N) is 2. The predicted octanol–water partition coefficient (Wildman–Crippen LogP) is 2.23. The first-order valence-electron chi connectivity index (χ1n) is 10.5. The number of ketones is 1. The molecular formula is C23H21N5O5. The molecule has 10 nitrogen and oxygen atoms in total. The Hall–Kier alpha value is -4.02. The Labute approximate surface area is 188 Å². The minimum absolute atomic E-state index is 0.0279. The van der Waals surface area contributed by atoms with Crippen LogP contribution in [0.4, 0.5) is 10.5 Å². The molecule has 1 saturated heterocycles. The number of carbonyl (C=O) groups is 3. The molecule has 1 fully saturated rings. The van der Waals surface area contributed by atoms with Crippen LogP contribution in [0.2, 0.25) is 0 Å². The molecule has 1 aromatic heterocycles. The van der Waals surface area contributed by atoms with E-state index >= 15 is 0 Å². The smallest absolute Gasteiger partial charge is 0.333 e. The molecule has 5 rings (SSSR count). The summed E-state index contributed by atoms with van der Waals surface area (Å²) in [7, 11) is 0. The summed E-state index contributed by atoms with van der Waals surface area (Å²) >= 11 is 0. The van der Waals surface area contributed by atoms with Crippen LogP contribution in [0.15, 0.2) is 42.5 Å². The summed E-state index contributed by atoms with van der Waals surface area (Å²) in [5.74, 6) is 0.331. The topological polar surface area (TPSA) is 126 Å². The van der Waals surface area contributed by atoms with Crippen LogP contribution in [0.1, 0.15) is 15.9 Å². The molecule has 0 atom stereocenters. The van der Waals surface area contributed by atoms with Gasteiger partial charge in [-0.1, -0.05) is 12.1 Å². The lowest BCUT2D eigenvalue weighted by molar-refractivity contribution is -0.109. The molecule has 33 heavy (non-hydrogen) atoms. The number of aldehydes is 1. The lowest BCUT2D eigenvalue weighted by Gasteiger charge is -2.27. The number of rotatable bonds is 6. The number of amides is 2. The Bertz CT molecular complexity index is 1210. The highest BCUT2D eigenvalue weighted by Gasteiger charge is 2.35. The van der Waals surface area contributed by atoms with Gasteiger partial charge in [-0.15, -0.1) is 0 Å². The number of morpholine rings is 1. The van der Waals surface area contributed by atoms with E-state index in [1.807, 2.05) is 6.07 Å². The van der Waals surface area contributed by atoms with Crippen molar-refractivity contribution in [2.75, 3.05) is 38.2 Å². The highest BCUT2D eigenvalue weighted by molar-refractivity contribution is 6.26. The average molecular weight is 447 g/mol. The van der Waals surface area contributed by atoms with Crippen molar-refractivity contribution < 1.29 is 23.9 Å². The molecule has 0 spiro atoms. The molecule has 2 amide bonds. The Morgan fingerprint density at radius 2 is 1.94 bits per heavy atom. The van der Waals surface area contributed by atoms with E-state index in [2.05, 4.69) is 20.9 Å². The van der Waals surface area contributed by atoms with Gasteiger partial charge in [0.25, 0.3) is 0 Å². The molecule has 3 N–H and O–H groups in total. The third kappa shape index (κ3) is 3.97. The second-order valence-corrected chi connectivity index (χ2v) is 7.55. The quantitative estimate of drug-likeness (QED) is 0.387. The van der Waals surface area contributed by atoms with Crippen molar-refractivity contribution in [3.05, 3.63) is 53.6 Å². The molecule has 1 aliphatic carbocycles. The Kier molecular flexibility index (Phi) is 5.59. The largest absolute Gasteiger partial charge is 0.486 e. The van der Waals surface area contributed by atoms with Gasteiger partial charge in [-0.2, -0.15) is 5.10 Å². The summed E-state index contributed by atoms with van der Waals surface area (Å²) in [6, 6.07) is 11.9. The van der Waals surface area contributed by atoms with E-state index in [0.29, 0.717) is 72.1 Å². The first-order chi connectivity index (χ1) is 16.2. The summed E-state index contributed by atoms with van der Waals surface area (Å²) in [6.45, 7) is 2.26. The molecule has 2 aliphatic rings. The number of hydrogen-bond donors (Lipinski definition) is 3. The molecule has 0 radical (unpaired) electrons. The molecule has 168 valence electrons. The van der Waals surface area contributed by atoms with Crippen LogP contribution >= 0.6 is 0 Å². The number of nitrogens with one attached hydrogen (secondary N) is 3. The average Bonchev–Trinajstić information content (AvgIpc) is 3.39. The molecule has 2 aromatic carbocycles. The molecule has 0 bridgehead atoms. The number of ether oxygens (including phenoxy) is 2. The fourth-order valence-corrected chi connectivity index (χ4v) is 4.01. The maximum atomic E-state index is 13.4. The number of aromatic nitrogens is 2. The van der Waals surface area contributed by atoms with Crippen LogP contribution in [0.3, 0.4) is 0 Å². The molecule has 2 heterocycles. The second-order valence-electron chi connectivity index (χ2n) is 7.55. The molecular weight excluding hydrogens is 426 g/mol. The lowest BCUT2D eigenvalue weighted by Crippen LogP contribution is -2.49. The van der Waals surface area contributed by atoms with Crippen LogP contribution in [0, 0.1) is 0 Å². The van der Waals surface area contributed by atoms with Crippen LogP contribution in [-0.2, 0) is 9.53 Å². The Morgan fingerprint density at radius 3 is 2.70 bits per heavy atom. The van der Waals surface area contributed by atoms with E-state index in [9.17, 15) is 14.4 Å². The summed E-state index contributed by atoms with van der Waals surface area (Å²) in [5, 5.41) is 11.9. The number of urea groups is 1. The van der Waals surface area contributed by atoms with Crippen LogP contribution in [0.25, 0.3) is 22.5 Å². The van der Waals surface area contributed by atoms with E-state index in [1.54, 1.807) is 41.4 Å². The van der Waals surface area contributed by atoms with Gasteiger partial charge in [-0.05, 0) is 30.3 Å². The minimum atomic E-state index is -0.419. The predicted molar refractivity (Wildman–Crippen MR) is 119 cm³/mol. The van der Waals surface area contributed by atoms with E-state index in [4.69, 9.17) is 9.47 Å². The van der Waals surface area contributed by atoms with Gasteiger partial charge in [-0.3, -0.25) is 20.1 Å². The zero-order valence-electron chi connectivity index (χ0n) is 17.6.